The average Bonchev–Trinajstić information content (AvgIpc) is 3.06. The second-order valence-corrected chi connectivity index (χ2v) is 4.30. The van der Waals surface area contributed by atoms with Gasteiger partial charge >= 0.3 is 0 Å². The summed E-state index contributed by atoms with van der Waals surface area (Å²) in [6, 6.07) is 5.38. The molecule has 2 aromatic heterocycles. The van der Waals surface area contributed by atoms with Gasteiger partial charge in [-0.15, -0.1) is 0 Å². The molecule has 7 heteroatoms. The maximum Gasteiger partial charge on any atom is 0.233 e. The van der Waals surface area contributed by atoms with Gasteiger partial charge in [0.05, 0.1) is 6.20 Å². The molecule has 0 atom stereocenters. The van der Waals surface area contributed by atoms with Gasteiger partial charge in [0.15, 0.2) is 17.1 Å². The van der Waals surface area contributed by atoms with Gasteiger partial charge in [0, 0.05) is 13.1 Å². The lowest BCUT2D eigenvalue weighted by atomic mass is 10.3. The third kappa shape index (κ3) is 1.63. The lowest BCUT2D eigenvalue weighted by molar-refractivity contribution is 0.174. The van der Waals surface area contributed by atoms with E-state index in [1.807, 2.05) is 7.05 Å². The number of ether oxygens (including phenoxy) is 3. The zero-order valence-corrected chi connectivity index (χ0v) is 10.6. The molecule has 0 N–H and O–H groups in total. The summed E-state index contributed by atoms with van der Waals surface area (Å²) in [4.78, 5) is 8.32. The first kappa shape index (κ1) is 11.0. The van der Waals surface area contributed by atoms with E-state index in [1.165, 1.54) is 6.33 Å². The van der Waals surface area contributed by atoms with Crippen molar-refractivity contribution in [2.75, 3.05) is 6.79 Å². The molecule has 0 saturated heterocycles. The summed E-state index contributed by atoms with van der Waals surface area (Å²) >= 11 is 0. The number of fused-ring (bicyclic) bond motifs is 2. The maximum atomic E-state index is 5.79. The number of aromatic nitrogens is 4. The van der Waals surface area contributed by atoms with Crippen LogP contribution in [0.1, 0.15) is 0 Å². The molecule has 0 radical (unpaired) electrons. The molecular weight excluding hydrogens is 260 g/mol. The Balaban J connectivity index is 1.74. The van der Waals surface area contributed by atoms with Crippen LogP contribution in [0, 0.1) is 0 Å². The number of nitrogens with zero attached hydrogens (tertiary/aromatic N) is 4. The minimum Gasteiger partial charge on any atom is -0.454 e. The Morgan fingerprint density at radius 1 is 1.20 bits per heavy atom. The molecule has 0 bridgehead atoms. The summed E-state index contributed by atoms with van der Waals surface area (Å²) in [6.07, 6.45) is 3.13. The molecule has 20 heavy (non-hydrogen) atoms. The molecule has 4 rings (SSSR count). The van der Waals surface area contributed by atoms with Crippen molar-refractivity contribution in [1.29, 1.82) is 0 Å². The van der Waals surface area contributed by atoms with Gasteiger partial charge in [-0.3, -0.25) is 4.68 Å². The SMILES string of the molecule is Cn1ncc2c(Oc3ccc4c(c3)OCO4)ncnc21. The first-order chi connectivity index (χ1) is 9.81. The number of benzene rings is 1. The zero-order chi connectivity index (χ0) is 13.5. The molecule has 1 aromatic carbocycles. The summed E-state index contributed by atoms with van der Waals surface area (Å²) in [5.41, 5.74) is 0.718. The van der Waals surface area contributed by atoms with E-state index in [-0.39, 0.29) is 6.79 Å². The topological polar surface area (TPSA) is 71.3 Å². The first-order valence-corrected chi connectivity index (χ1v) is 6.01. The van der Waals surface area contributed by atoms with E-state index in [2.05, 4.69) is 15.1 Å². The Morgan fingerprint density at radius 3 is 3.05 bits per heavy atom. The van der Waals surface area contributed by atoms with E-state index in [1.54, 1.807) is 29.1 Å². The summed E-state index contributed by atoms with van der Waals surface area (Å²) in [5, 5.41) is 4.90. The summed E-state index contributed by atoms with van der Waals surface area (Å²) < 4.78 is 18.0. The number of hydrogen-bond acceptors (Lipinski definition) is 6. The van der Waals surface area contributed by atoms with Crippen molar-refractivity contribution in [3.8, 4) is 23.1 Å². The molecule has 0 aliphatic carbocycles. The third-order valence-corrected chi connectivity index (χ3v) is 3.05. The molecule has 1 aliphatic rings. The van der Waals surface area contributed by atoms with Gasteiger partial charge in [0.1, 0.15) is 17.5 Å². The van der Waals surface area contributed by atoms with Gasteiger partial charge in [-0.05, 0) is 12.1 Å². The van der Waals surface area contributed by atoms with E-state index in [0.717, 1.165) is 11.0 Å². The van der Waals surface area contributed by atoms with E-state index in [4.69, 9.17) is 14.2 Å². The molecule has 1 aliphatic heterocycles. The van der Waals surface area contributed by atoms with Gasteiger partial charge in [0.2, 0.25) is 12.7 Å². The van der Waals surface area contributed by atoms with Gasteiger partial charge < -0.3 is 14.2 Å². The normalized spacial score (nSPS) is 12.8. The molecule has 0 saturated carbocycles. The summed E-state index contributed by atoms with van der Waals surface area (Å²) in [7, 11) is 1.82. The van der Waals surface area contributed by atoms with Crippen molar-refractivity contribution < 1.29 is 14.2 Å². The van der Waals surface area contributed by atoms with E-state index in [9.17, 15) is 0 Å². The van der Waals surface area contributed by atoms with Crippen molar-refractivity contribution in [2.45, 2.75) is 0 Å². The Hall–Kier alpha value is -2.83. The van der Waals surface area contributed by atoms with Crippen LogP contribution in [0.2, 0.25) is 0 Å². The molecule has 7 nitrogen and oxygen atoms in total. The Labute approximate surface area is 113 Å². The largest absolute Gasteiger partial charge is 0.454 e. The quantitative estimate of drug-likeness (QED) is 0.708. The molecule has 100 valence electrons. The smallest absolute Gasteiger partial charge is 0.233 e. The third-order valence-electron chi connectivity index (χ3n) is 3.05. The average molecular weight is 270 g/mol. The molecule has 0 amide bonds. The number of rotatable bonds is 2. The van der Waals surface area contributed by atoms with Crippen molar-refractivity contribution in [3.63, 3.8) is 0 Å². The van der Waals surface area contributed by atoms with Gasteiger partial charge in [-0.2, -0.15) is 5.10 Å². The minimum atomic E-state index is 0.235. The fourth-order valence-electron chi connectivity index (χ4n) is 2.07. The maximum absolute atomic E-state index is 5.79. The second kappa shape index (κ2) is 4.09. The lowest BCUT2D eigenvalue weighted by Crippen LogP contribution is -1.94. The fraction of sp³-hybridized carbons (Fsp3) is 0.154. The number of hydrogen-bond donors (Lipinski definition) is 0. The highest BCUT2D eigenvalue weighted by atomic mass is 16.7. The van der Waals surface area contributed by atoms with E-state index >= 15 is 0 Å². The molecule has 0 unspecified atom stereocenters. The Bertz CT molecular complexity index is 799. The Kier molecular flexibility index (Phi) is 2.26. The first-order valence-electron chi connectivity index (χ1n) is 6.01. The molecule has 3 heterocycles. The van der Waals surface area contributed by atoms with Crippen molar-refractivity contribution >= 4 is 11.0 Å². The molecule has 0 fully saturated rings. The van der Waals surface area contributed by atoms with Crippen LogP contribution >= 0.6 is 0 Å². The highest BCUT2D eigenvalue weighted by molar-refractivity contribution is 5.79. The van der Waals surface area contributed by atoms with Crippen LogP contribution in [-0.4, -0.2) is 26.5 Å². The van der Waals surface area contributed by atoms with Crippen LogP contribution in [0.3, 0.4) is 0 Å². The lowest BCUT2D eigenvalue weighted by Gasteiger charge is -2.06. The highest BCUT2D eigenvalue weighted by Crippen LogP contribution is 2.37. The summed E-state index contributed by atoms with van der Waals surface area (Å²) in [6.45, 7) is 0.235. The van der Waals surface area contributed by atoms with E-state index in [0.29, 0.717) is 23.1 Å². The van der Waals surface area contributed by atoms with Crippen LogP contribution < -0.4 is 14.2 Å². The minimum absolute atomic E-state index is 0.235. The van der Waals surface area contributed by atoms with E-state index < -0.39 is 0 Å². The van der Waals surface area contributed by atoms with Crippen LogP contribution in [0.5, 0.6) is 23.1 Å². The predicted molar refractivity (Wildman–Crippen MR) is 68.9 cm³/mol. The predicted octanol–water partition coefficient (Wildman–Crippen LogP) is 1.88. The number of aryl methyl sites for hydroxylation is 1. The van der Waals surface area contributed by atoms with Crippen molar-refractivity contribution in [2.24, 2.45) is 7.05 Å². The Morgan fingerprint density at radius 2 is 2.10 bits per heavy atom. The molecule has 3 aromatic rings. The van der Waals surface area contributed by atoms with Crippen molar-refractivity contribution in [3.05, 3.63) is 30.7 Å². The summed E-state index contributed by atoms with van der Waals surface area (Å²) in [5.74, 6) is 2.46. The second-order valence-electron chi connectivity index (χ2n) is 4.30. The molecule has 0 spiro atoms. The monoisotopic (exact) mass is 270 g/mol. The van der Waals surface area contributed by atoms with Crippen LogP contribution in [-0.2, 0) is 7.05 Å². The molecular formula is C13H10N4O3. The van der Waals surface area contributed by atoms with Gasteiger partial charge in [-0.1, -0.05) is 0 Å². The van der Waals surface area contributed by atoms with Crippen LogP contribution in [0.4, 0.5) is 0 Å². The van der Waals surface area contributed by atoms with Crippen LogP contribution in [0.15, 0.2) is 30.7 Å². The van der Waals surface area contributed by atoms with Crippen molar-refractivity contribution in [1.82, 2.24) is 19.7 Å². The van der Waals surface area contributed by atoms with Gasteiger partial charge in [-0.25, -0.2) is 9.97 Å². The zero-order valence-electron chi connectivity index (χ0n) is 10.6. The fourth-order valence-corrected chi connectivity index (χ4v) is 2.07. The van der Waals surface area contributed by atoms with Gasteiger partial charge in [0.25, 0.3) is 0 Å². The highest BCUT2D eigenvalue weighted by Gasteiger charge is 2.15. The van der Waals surface area contributed by atoms with Crippen LogP contribution in [0.25, 0.3) is 11.0 Å². The standard InChI is InChI=1S/C13H10N4O3/c1-17-12-9(5-16-17)13(15-6-14-12)20-8-2-3-10-11(4-8)19-7-18-10/h2-6H,7H2,1H3.